The van der Waals surface area contributed by atoms with Crippen LogP contribution in [0.25, 0.3) is 32.9 Å². The molecule has 188 valence electrons. The highest BCUT2D eigenvalue weighted by molar-refractivity contribution is 6.01. The minimum Gasteiger partial charge on any atom is -0.508 e. The number of benzene rings is 2. The lowest BCUT2D eigenvalue weighted by atomic mass is 9.94. The van der Waals surface area contributed by atoms with Crippen LogP contribution >= 0.6 is 0 Å². The van der Waals surface area contributed by atoms with E-state index in [1.54, 1.807) is 18.3 Å². The number of aromatic nitrogens is 3. The average molecular weight is 492 g/mol. The number of phenolic OH excluding ortho intramolecular Hbond substituents is 1. The molecule has 0 radical (unpaired) electrons. The van der Waals surface area contributed by atoms with Gasteiger partial charge in [0.1, 0.15) is 34.4 Å². The Bertz CT molecular complexity index is 1460. The van der Waals surface area contributed by atoms with Gasteiger partial charge in [0.25, 0.3) is 0 Å². The number of fused-ring (bicyclic) bond motifs is 2. The SMILES string of the molecule is CCc1c(F)ccc2cc(O)cc(-c3ncc4c(N5CCCC[C@@H](N)C5)nc(C(C)C)nc4c3F)c12. The first-order chi connectivity index (χ1) is 17.3. The fourth-order valence-electron chi connectivity index (χ4n) is 5.15. The van der Waals surface area contributed by atoms with Crippen molar-refractivity contribution < 1.29 is 13.9 Å². The molecule has 5 rings (SSSR count). The van der Waals surface area contributed by atoms with Crippen LogP contribution in [0.3, 0.4) is 0 Å². The molecule has 0 bridgehead atoms. The third-order valence-corrected chi connectivity index (χ3v) is 6.97. The molecule has 0 amide bonds. The smallest absolute Gasteiger partial charge is 0.175 e. The Hall–Kier alpha value is -3.39. The van der Waals surface area contributed by atoms with Crippen LogP contribution in [0.2, 0.25) is 0 Å². The summed E-state index contributed by atoms with van der Waals surface area (Å²) < 4.78 is 31.0. The van der Waals surface area contributed by atoms with E-state index in [1.807, 2.05) is 20.8 Å². The highest BCUT2D eigenvalue weighted by atomic mass is 19.1. The molecular formula is C28H31F2N5O. The normalized spacial score (nSPS) is 16.8. The molecule has 3 N–H and O–H groups in total. The minimum absolute atomic E-state index is 0.0121. The first kappa shape index (κ1) is 24.3. The lowest BCUT2D eigenvalue weighted by Gasteiger charge is -2.26. The topological polar surface area (TPSA) is 88.2 Å². The van der Waals surface area contributed by atoms with Gasteiger partial charge < -0.3 is 15.7 Å². The molecule has 0 saturated carbocycles. The summed E-state index contributed by atoms with van der Waals surface area (Å²) in [6, 6.07) is 5.96. The van der Waals surface area contributed by atoms with Crippen molar-refractivity contribution in [3.8, 4) is 17.0 Å². The summed E-state index contributed by atoms with van der Waals surface area (Å²) >= 11 is 0. The molecule has 0 spiro atoms. The van der Waals surface area contributed by atoms with Gasteiger partial charge in [-0.3, -0.25) is 4.98 Å². The number of pyridine rings is 1. The number of aryl methyl sites for hydroxylation is 1. The van der Waals surface area contributed by atoms with Crippen molar-refractivity contribution in [1.29, 1.82) is 0 Å². The van der Waals surface area contributed by atoms with Crippen molar-refractivity contribution in [1.82, 2.24) is 15.0 Å². The Morgan fingerprint density at radius 2 is 1.97 bits per heavy atom. The molecule has 6 nitrogen and oxygen atoms in total. The molecule has 1 saturated heterocycles. The summed E-state index contributed by atoms with van der Waals surface area (Å²) in [4.78, 5) is 16.0. The van der Waals surface area contributed by atoms with Gasteiger partial charge in [0.15, 0.2) is 5.82 Å². The molecule has 4 aromatic rings. The van der Waals surface area contributed by atoms with E-state index in [2.05, 4.69) is 14.9 Å². The number of hydrogen-bond acceptors (Lipinski definition) is 6. The molecule has 2 aromatic heterocycles. The number of phenols is 1. The fraction of sp³-hybridized carbons (Fsp3) is 0.393. The third kappa shape index (κ3) is 4.23. The van der Waals surface area contributed by atoms with Crippen LogP contribution in [0.4, 0.5) is 14.6 Å². The lowest BCUT2D eigenvalue weighted by molar-refractivity contribution is 0.476. The maximum absolute atomic E-state index is 16.3. The van der Waals surface area contributed by atoms with E-state index in [9.17, 15) is 9.50 Å². The van der Waals surface area contributed by atoms with Crippen molar-refractivity contribution in [2.75, 3.05) is 18.0 Å². The summed E-state index contributed by atoms with van der Waals surface area (Å²) in [6.07, 6.45) is 4.95. The summed E-state index contributed by atoms with van der Waals surface area (Å²) in [5.41, 5.74) is 7.29. The Morgan fingerprint density at radius 3 is 2.72 bits per heavy atom. The zero-order valence-electron chi connectivity index (χ0n) is 20.9. The van der Waals surface area contributed by atoms with Gasteiger partial charge in [-0.1, -0.05) is 33.3 Å². The number of hydrogen-bond donors (Lipinski definition) is 2. The van der Waals surface area contributed by atoms with Crippen LogP contribution in [0.1, 0.15) is 57.3 Å². The van der Waals surface area contributed by atoms with Crippen LogP contribution < -0.4 is 10.6 Å². The van der Waals surface area contributed by atoms with E-state index in [-0.39, 0.29) is 34.7 Å². The van der Waals surface area contributed by atoms with Gasteiger partial charge in [0, 0.05) is 36.8 Å². The zero-order chi connectivity index (χ0) is 25.6. The molecule has 0 unspecified atom stereocenters. The van der Waals surface area contributed by atoms with Gasteiger partial charge in [-0.15, -0.1) is 0 Å². The summed E-state index contributed by atoms with van der Waals surface area (Å²) in [5, 5.41) is 12.1. The second-order valence-corrected chi connectivity index (χ2v) is 9.92. The third-order valence-electron chi connectivity index (χ3n) is 6.97. The van der Waals surface area contributed by atoms with Crippen molar-refractivity contribution in [3.05, 3.63) is 53.5 Å². The highest BCUT2D eigenvalue weighted by Crippen LogP contribution is 2.39. The van der Waals surface area contributed by atoms with Crippen molar-refractivity contribution in [3.63, 3.8) is 0 Å². The Labute approximate surface area is 209 Å². The van der Waals surface area contributed by atoms with Crippen LogP contribution in [-0.4, -0.2) is 39.2 Å². The second-order valence-electron chi connectivity index (χ2n) is 9.92. The summed E-state index contributed by atoms with van der Waals surface area (Å²) in [7, 11) is 0. The quantitative estimate of drug-likeness (QED) is 0.373. The van der Waals surface area contributed by atoms with Crippen LogP contribution in [0, 0.1) is 11.6 Å². The molecule has 1 aliphatic rings. The molecular weight excluding hydrogens is 460 g/mol. The number of aromatic hydroxyl groups is 1. The Balaban J connectivity index is 1.79. The molecule has 0 aliphatic carbocycles. The van der Waals surface area contributed by atoms with Crippen molar-refractivity contribution in [2.24, 2.45) is 5.73 Å². The lowest BCUT2D eigenvalue weighted by Crippen LogP contribution is -2.36. The highest BCUT2D eigenvalue weighted by Gasteiger charge is 2.25. The number of nitrogens with two attached hydrogens (primary N) is 1. The average Bonchev–Trinajstić information content (AvgIpc) is 3.07. The van der Waals surface area contributed by atoms with E-state index >= 15 is 4.39 Å². The maximum Gasteiger partial charge on any atom is 0.175 e. The summed E-state index contributed by atoms with van der Waals surface area (Å²) in [5.74, 6) is 0.120. The Morgan fingerprint density at radius 1 is 1.17 bits per heavy atom. The van der Waals surface area contributed by atoms with Crippen LogP contribution in [-0.2, 0) is 6.42 Å². The number of nitrogens with zero attached hydrogens (tertiary/aromatic N) is 4. The minimum atomic E-state index is -0.615. The predicted molar refractivity (Wildman–Crippen MR) is 139 cm³/mol. The van der Waals surface area contributed by atoms with Crippen molar-refractivity contribution in [2.45, 2.75) is 58.4 Å². The van der Waals surface area contributed by atoms with Crippen molar-refractivity contribution >= 4 is 27.5 Å². The predicted octanol–water partition coefficient (Wildman–Crippen LogP) is 5.83. The van der Waals surface area contributed by atoms with Gasteiger partial charge in [-0.05, 0) is 53.8 Å². The number of halogens is 2. The molecule has 1 fully saturated rings. The largest absolute Gasteiger partial charge is 0.508 e. The molecule has 3 heterocycles. The van der Waals surface area contributed by atoms with Gasteiger partial charge in [-0.25, -0.2) is 18.7 Å². The van der Waals surface area contributed by atoms with Gasteiger partial charge >= 0.3 is 0 Å². The standard InChI is InChI=1S/C28H31F2N5O/c1-4-19-22(29)9-8-16-11-18(36)12-20(23(16)19)25-24(30)26-21(13-32-25)28(34-27(33-26)15(2)3)35-10-6-5-7-17(31)14-35/h8-9,11-13,15,17,36H,4-7,10,14,31H2,1-3H3/t17-/m1/s1. The Kier molecular flexibility index (Phi) is 6.47. The van der Waals surface area contributed by atoms with Crippen LogP contribution in [0.15, 0.2) is 30.5 Å². The van der Waals surface area contributed by atoms with E-state index < -0.39 is 5.82 Å². The maximum atomic E-state index is 16.3. The molecule has 2 aromatic carbocycles. The van der Waals surface area contributed by atoms with E-state index in [0.29, 0.717) is 51.9 Å². The molecule has 1 atom stereocenters. The van der Waals surface area contributed by atoms with Gasteiger partial charge in [-0.2, -0.15) is 0 Å². The fourth-order valence-corrected chi connectivity index (χ4v) is 5.15. The van der Waals surface area contributed by atoms with E-state index in [1.165, 1.54) is 12.1 Å². The molecule has 36 heavy (non-hydrogen) atoms. The van der Waals surface area contributed by atoms with Gasteiger partial charge in [0.2, 0.25) is 0 Å². The van der Waals surface area contributed by atoms with E-state index in [4.69, 9.17) is 10.7 Å². The first-order valence-corrected chi connectivity index (χ1v) is 12.6. The zero-order valence-corrected chi connectivity index (χ0v) is 20.9. The summed E-state index contributed by atoms with van der Waals surface area (Å²) in [6.45, 7) is 7.19. The van der Waals surface area contributed by atoms with E-state index in [0.717, 1.165) is 25.8 Å². The molecule has 8 heteroatoms. The monoisotopic (exact) mass is 491 g/mol. The number of anilines is 1. The molecule has 1 aliphatic heterocycles. The second kappa shape index (κ2) is 9.58. The van der Waals surface area contributed by atoms with Gasteiger partial charge in [0.05, 0.1) is 5.39 Å². The van der Waals surface area contributed by atoms with Crippen LogP contribution in [0.5, 0.6) is 5.75 Å². The number of rotatable bonds is 4. The first-order valence-electron chi connectivity index (χ1n) is 12.6.